The lowest BCUT2D eigenvalue weighted by Crippen LogP contribution is -2.24. The van der Waals surface area contributed by atoms with Crippen LogP contribution in [0, 0.1) is 0 Å². The zero-order valence-electron chi connectivity index (χ0n) is 18.3. The van der Waals surface area contributed by atoms with Crippen LogP contribution in [0.1, 0.15) is 57.1 Å². The second-order valence-electron chi connectivity index (χ2n) is 9.71. The molecule has 0 saturated heterocycles. The number of fused-ring (bicyclic) bond motifs is 2. The average molecular weight is 483 g/mol. The first-order chi connectivity index (χ1) is 14.7. The first-order valence-electron chi connectivity index (χ1n) is 10.1. The number of hydrogen-bond donors (Lipinski definition) is 0. The van der Waals surface area contributed by atoms with E-state index < -0.39 is 22.7 Å². The molecule has 0 aromatic carbocycles. The van der Waals surface area contributed by atoms with Gasteiger partial charge in [0, 0.05) is 41.6 Å². The van der Waals surface area contributed by atoms with Crippen LogP contribution < -0.4 is 0 Å². The van der Waals surface area contributed by atoms with Gasteiger partial charge in [-0.15, -0.1) is 0 Å². The van der Waals surface area contributed by atoms with Crippen molar-refractivity contribution >= 4 is 34.5 Å². The van der Waals surface area contributed by atoms with Crippen molar-refractivity contribution in [3.8, 4) is 0 Å². The number of rotatable bonds is 3. The zero-order chi connectivity index (χ0) is 23.6. The lowest BCUT2D eigenvalue weighted by molar-refractivity contribution is -0.140. The van der Waals surface area contributed by atoms with Gasteiger partial charge in [-0.25, -0.2) is 9.97 Å². The van der Waals surface area contributed by atoms with Crippen LogP contribution in [0.4, 0.5) is 13.2 Å². The fraction of sp³-hybridized carbons (Fsp3) is 0.391. The Kier molecular flexibility index (Phi) is 5.29. The van der Waals surface area contributed by atoms with Crippen LogP contribution in [0.3, 0.4) is 0 Å². The van der Waals surface area contributed by atoms with Gasteiger partial charge in [0.15, 0.2) is 5.69 Å². The van der Waals surface area contributed by atoms with Gasteiger partial charge in [-0.3, -0.25) is 0 Å². The predicted molar refractivity (Wildman–Crippen MR) is 121 cm³/mol. The molecule has 4 rings (SSSR count). The summed E-state index contributed by atoms with van der Waals surface area (Å²) in [5.74, 6) is 0. The molecular formula is C23H23Cl2F3N4. The molecule has 4 nitrogen and oxygen atoms in total. The number of pyridine rings is 2. The molecule has 0 aliphatic carbocycles. The van der Waals surface area contributed by atoms with Gasteiger partial charge in [-0.1, -0.05) is 57.8 Å². The first kappa shape index (κ1) is 22.9. The predicted octanol–water partition coefficient (Wildman–Crippen LogP) is 7.13. The summed E-state index contributed by atoms with van der Waals surface area (Å²) in [6.07, 6.45) is 2.07. The van der Waals surface area contributed by atoms with E-state index in [-0.39, 0.29) is 5.65 Å². The van der Waals surface area contributed by atoms with E-state index in [0.29, 0.717) is 27.7 Å². The number of nitrogens with zero attached hydrogens (tertiary/aromatic N) is 4. The zero-order valence-corrected chi connectivity index (χ0v) is 19.9. The standard InChI is InChI=1S/C23H23Cl2F3N4/c1-21(2,3)14-9-16(25)17(32-12-18(23(26,27)28)30-20(14)32)10-22(4,5)15-8-13(24)11-31-7-6-29-19(15)31/h6-9,11-12H,10H2,1-5H3. The molecule has 0 bridgehead atoms. The fourth-order valence-corrected chi connectivity index (χ4v) is 4.52. The molecule has 0 aliphatic rings. The Morgan fingerprint density at radius 2 is 1.62 bits per heavy atom. The molecule has 0 spiro atoms. The molecule has 4 aromatic rings. The normalized spacial score (nSPS) is 13.4. The van der Waals surface area contributed by atoms with Gasteiger partial charge in [-0.2, -0.15) is 13.2 Å². The summed E-state index contributed by atoms with van der Waals surface area (Å²) in [7, 11) is 0. The van der Waals surface area contributed by atoms with Crippen molar-refractivity contribution in [1.29, 1.82) is 0 Å². The molecule has 0 aliphatic heterocycles. The lowest BCUT2D eigenvalue weighted by Gasteiger charge is -2.28. The highest BCUT2D eigenvalue weighted by Gasteiger charge is 2.36. The molecule has 0 radical (unpaired) electrons. The summed E-state index contributed by atoms with van der Waals surface area (Å²) in [5, 5.41) is 0.933. The van der Waals surface area contributed by atoms with Crippen molar-refractivity contribution in [2.75, 3.05) is 0 Å². The number of halogens is 5. The van der Waals surface area contributed by atoms with Crippen LogP contribution >= 0.6 is 23.2 Å². The van der Waals surface area contributed by atoms with Crippen LogP contribution in [-0.2, 0) is 23.4 Å². The minimum Gasteiger partial charge on any atom is -0.305 e. The fourth-order valence-electron chi connectivity index (χ4n) is 4.03. The third-order valence-corrected chi connectivity index (χ3v) is 6.21. The third-order valence-electron chi connectivity index (χ3n) is 5.68. The van der Waals surface area contributed by atoms with E-state index in [0.717, 1.165) is 17.4 Å². The second-order valence-corrected chi connectivity index (χ2v) is 10.6. The van der Waals surface area contributed by atoms with E-state index >= 15 is 0 Å². The molecule has 9 heteroatoms. The second kappa shape index (κ2) is 7.39. The van der Waals surface area contributed by atoms with Crippen molar-refractivity contribution in [2.45, 2.75) is 58.0 Å². The SMILES string of the molecule is CC(C)(C)c1cc(Cl)c(CC(C)(C)c2cc(Cl)cn3ccnc23)n2cc(C(F)(F)F)nc12. The molecule has 0 saturated carbocycles. The van der Waals surface area contributed by atoms with Gasteiger partial charge < -0.3 is 8.80 Å². The molecular weight excluding hydrogens is 460 g/mol. The van der Waals surface area contributed by atoms with Crippen LogP contribution in [0.25, 0.3) is 11.3 Å². The highest BCUT2D eigenvalue weighted by atomic mass is 35.5. The summed E-state index contributed by atoms with van der Waals surface area (Å²) < 4.78 is 43.9. The average Bonchev–Trinajstić information content (AvgIpc) is 3.28. The molecule has 0 unspecified atom stereocenters. The highest BCUT2D eigenvalue weighted by molar-refractivity contribution is 6.31. The van der Waals surface area contributed by atoms with Crippen molar-refractivity contribution in [3.63, 3.8) is 0 Å². The quantitative estimate of drug-likeness (QED) is 0.311. The number of imidazole rings is 2. The summed E-state index contributed by atoms with van der Waals surface area (Å²) >= 11 is 13.0. The summed E-state index contributed by atoms with van der Waals surface area (Å²) in [4.78, 5) is 8.39. The smallest absolute Gasteiger partial charge is 0.305 e. The van der Waals surface area contributed by atoms with Crippen molar-refractivity contribution in [2.24, 2.45) is 0 Å². The molecule has 170 valence electrons. The maximum Gasteiger partial charge on any atom is 0.434 e. The Labute approximate surface area is 194 Å². The van der Waals surface area contributed by atoms with Crippen molar-refractivity contribution in [1.82, 2.24) is 18.8 Å². The Hall–Kier alpha value is -2.25. The van der Waals surface area contributed by atoms with Gasteiger partial charge in [0.05, 0.1) is 10.0 Å². The van der Waals surface area contributed by atoms with Gasteiger partial charge in [0.2, 0.25) is 0 Å². The number of aromatic nitrogens is 4. The van der Waals surface area contributed by atoms with Gasteiger partial charge in [-0.05, 0) is 29.4 Å². The molecule has 32 heavy (non-hydrogen) atoms. The molecule has 4 aromatic heterocycles. The van der Waals surface area contributed by atoms with E-state index in [4.69, 9.17) is 23.2 Å². The molecule has 0 amide bonds. The molecule has 4 heterocycles. The van der Waals surface area contributed by atoms with Crippen LogP contribution in [0.15, 0.2) is 36.9 Å². The maximum atomic E-state index is 13.5. The van der Waals surface area contributed by atoms with Gasteiger partial charge in [0.25, 0.3) is 0 Å². The summed E-state index contributed by atoms with van der Waals surface area (Å²) in [6.45, 7) is 9.76. The molecule has 0 atom stereocenters. The van der Waals surface area contributed by atoms with Crippen molar-refractivity contribution in [3.05, 3.63) is 69.5 Å². The topological polar surface area (TPSA) is 34.6 Å². The monoisotopic (exact) mass is 482 g/mol. The maximum absolute atomic E-state index is 13.5. The van der Waals surface area contributed by atoms with Crippen LogP contribution in [0.2, 0.25) is 10.0 Å². The Bertz CT molecular complexity index is 1330. The summed E-state index contributed by atoms with van der Waals surface area (Å²) in [5.41, 5.74) is 1.14. The summed E-state index contributed by atoms with van der Waals surface area (Å²) in [6, 6.07) is 3.58. The third kappa shape index (κ3) is 3.97. The molecule has 0 N–H and O–H groups in total. The van der Waals surface area contributed by atoms with Crippen LogP contribution in [0.5, 0.6) is 0 Å². The highest BCUT2D eigenvalue weighted by Crippen LogP contribution is 2.39. The van der Waals surface area contributed by atoms with E-state index in [9.17, 15) is 13.2 Å². The number of hydrogen-bond acceptors (Lipinski definition) is 2. The van der Waals surface area contributed by atoms with Crippen molar-refractivity contribution < 1.29 is 13.2 Å². The first-order valence-corrected chi connectivity index (χ1v) is 10.8. The largest absolute Gasteiger partial charge is 0.434 e. The minimum atomic E-state index is -4.56. The van der Waals surface area contributed by atoms with E-state index in [1.54, 1.807) is 24.7 Å². The van der Waals surface area contributed by atoms with E-state index in [1.807, 2.05) is 45.1 Å². The lowest BCUT2D eigenvalue weighted by atomic mass is 9.80. The van der Waals surface area contributed by atoms with E-state index in [1.165, 1.54) is 4.40 Å². The van der Waals surface area contributed by atoms with Crippen LogP contribution in [-0.4, -0.2) is 18.8 Å². The molecule has 0 fully saturated rings. The number of alkyl halides is 3. The van der Waals surface area contributed by atoms with Gasteiger partial charge >= 0.3 is 6.18 Å². The Morgan fingerprint density at radius 3 is 2.25 bits per heavy atom. The Morgan fingerprint density at radius 1 is 0.938 bits per heavy atom. The van der Waals surface area contributed by atoms with Gasteiger partial charge in [0.1, 0.15) is 11.3 Å². The van der Waals surface area contributed by atoms with E-state index in [2.05, 4.69) is 9.97 Å². The minimum absolute atomic E-state index is 0.261. The Balaban J connectivity index is 1.93.